The van der Waals surface area contributed by atoms with E-state index in [-0.39, 0.29) is 0 Å². The zero-order valence-electron chi connectivity index (χ0n) is 13.0. The van der Waals surface area contributed by atoms with Crippen molar-refractivity contribution in [1.29, 1.82) is 0 Å². The first-order valence-electron chi connectivity index (χ1n) is 7.84. The van der Waals surface area contributed by atoms with E-state index < -0.39 is 0 Å². The Kier molecular flexibility index (Phi) is 5.28. The Hall–Kier alpha value is -1.88. The lowest BCUT2D eigenvalue weighted by Gasteiger charge is -2.21. The SMILES string of the molecule is NCCN(CCc1ccccc1)Cc1cnc2ccc(Cl)cn12. The van der Waals surface area contributed by atoms with Crippen molar-refractivity contribution >= 4 is 17.2 Å². The van der Waals surface area contributed by atoms with Gasteiger partial charge in [0.1, 0.15) is 5.65 Å². The van der Waals surface area contributed by atoms with Gasteiger partial charge in [0.15, 0.2) is 0 Å². The third-order valence-electron chi connectivity index (χ3n) is 3.94. The first-order chi connectivity index (χ1) is 11.3. The van der Waals surface area contributed by atoms with Crippen LogP contribution in [-0.2, 0) is 13.0 Å². The zero-order valence-corrected chi connectivity index (χ0v) is 13.8. The van der Waals surface area contributed by atoms with Gasteiger partial charge in [-0.1, -0.05) is 41.9 Å². The third kappa shape index (κ3) is 4.10. The number of fused-ring (bicyclic) bond motifs is 1. The number of benzene rings is 1. The number of imidazole rings is 1. The van der Waals surface area contributed by atoms with Crippen LogP contribution in [0.25, 0.3) is 5.65 Å². The smallest absolute Gasteiger partial charge is 0.137 e. The summed E-state index contributed by atoms with van der Waals surface area (Å²) in [5, 5.41) is 0.714. The van der Waals surface area contributed by atoms with Gasteiger partial charge >= 0.3 is 0 Å². The second-order valence-electron chi connectivity index (χ2n) is 5.63. The molecular weight excluding hydrogens is 308 g/mol. The fourth-order valence-electron chi connectivity index (χ4n) is 2.74. The van der Waals surface area contributed by atoms with Gasteiger partial charge in [0.05, 0.1) is 16.9 Å². The van der Waals surface area contributed by atoms with Crippen molar-refractivity contribution < 1.29 is 0 Å². The number of nitrogens with two attached hydrogens (primary N) is 1. The number of hydrogen-bond acceptors (Lipinski definition) is 3. The maximum atomic E-state index is 6.10. The molecule has 4 nitrogen and oxygen atoms in total. The fraction of sp³-hybridized carbons (Fsp3) is 0.278. The average molecular weight is 329 g/mol. The molecule has 0 unspecified atom stereocenters. The minimum Gasteiger partial charge on any atom is -0.329 e. The molecule has 0 saturated carbocycles. The van der Waals surface area contributed by atoms with E-state index in [1.165, 1.54) is 5.56 Å². The van der Waals surface area contributed by atoms with Crippen LogP contribution >= 0.6 is 11.6 Å². The Morgan fingerprint density at radius 1 is 1.09 bits per heavy atom. The van der Waals surface area contributed by atoms with Crippen molar-refractivity contribution in [3.8, 4) is 0 Å². The molecule has 0 spiro atoms. The van der Waals surface area contributed by atoms with E-state index in [9.17, 15) is 0 Å². The summed E-state index contributed by atoms with van der Waals surface area (Å²) in [6, 6.07) is 14.3. The van der Waals surface area contributed by atoms with E-state index in [0.29, 0.717) is 11.6 Å². The normalized spacial score (nSPS) is 11.4. The van der Waals surface area contributed by atoms with Gasteiger partial charge in [-0.05, 0) is 24.1 Å². The molecule has 5 heteroatoms. The predicted octanol–water partition coefficient (Wildman–Crippen LogP) is 2.99. The Labute approximate surface area is 141 Å². The minimum atomic E-state index is 0.645. The largest absolute Gasteiger partial charge is 0.329 e. The summed E-state index contributed by atoms with van der Waals surface area (Å²) in [5.41, 5.74) is 9.17. The molecule has 3 rings (SSSR count). The molecule has 0 saturated heterocycles. The monoisotopic (exact) mass is 328 g/mol. The standard InChI is InChI=1S/C18H21ClN4/c19-16-6-7-18-21-12-17(23(18)13-16)14-22(11-9-20)10-8-15-4-2-1-3-5-15/h1-7,12-13H,8-11,14,20H2. The van der Waals surface area contributed by atoms with Crippen LogP contribution in [-0.4, -0.2) is 33.9 Å². The molecule has 0 aliphatic heterocycles. The molecule has 0 fully saturated rings. The Morgan fingerprint density at radius 3 is 2.70 bits per heavy atom. The third-order valence-corrected chi connectivity index (χ3v) is 4.16. The Morgan fingerprint density at radius 2 is 1.91 bits per heavy atom. The van der Waals surface area contributed by atoms with E-state index in [0.717, 1.165) is 37.4 Å². The van der Waals surface area contributed by atoms with Gasteiger partial charge in [-0.25, -0.2) is 4.98 Å². The van der Waals surface area contributed by atoms with Crippen LogP contribution in [0.5, 0.6) is 0 Å². The topological polar surface area (TPSA) is 46.6 Å². The predicted molar refractivity (Wildman–Crippen MR) is 94.7 cm³/mol. The Bertz CT molecular complexity index is 754. The number of hydrogen-bond donors (Lipinski definition) is 1. The van der Waals surface area contributed by atoms with Crippen LogP contribution in [0, 0.1) is 0 Å². The molecule has 0 bridgehead atoms. The van der Waals surface area contributed by atoms with Crippen molar-refractivity contribution in [2.45, 2.75) is 13.0 Å². The second-order valence-corrected chi connectivity index (χ2v) is 6.06. The number of pyridine rings is 1. The first-order valence-corrected chi connectivity index (χ1v) is 8.22. The van der Waals surface area contributed by atoms with E-state index in [1.54, 1.807) is 0 Å². The van der Waals surface area contributed by atoms with Gasteiger partial charge in [-0.3, -0.25) is 4.90 Å². The molecule has 0 radical (unpaired) electrons. The lowest BCUT2D eigenvalue weighted by atomic mass is 10.1. The average Bonchev–Trinajstić information content (AvgIpc) is 2.96. The van der Waals surface area contributed by atoms with Crippen molar-refractivity contribution in [2.75, 3.05) is 19.6 Å². The molecule has 2 heterocycles. The van der Waals surface area contributed by atoms with Crippen molar-refractivity contribution in [3.63, 3.8) is 0 Å². The van der Waals surface area contributed by atoms with Gasteiger partial charge in [0, 0.05) is 32.4 Å². The second kappa shape index (κ2) is 7.59. The molecule has 3 aromatic rings. The Balaban J connectivity index is 1.72. The van der Waals surface area contributed by atoms with Crippen LogP contribution < -0.4 is 5.73 Å². The van der Waals surface area contributed by atoms with Crippen LogP contribution in [0.15, 0.2) is 54.9 Å². The quantitative estimate of drug-likeness (QED) is 0.725. The van der Waals surface area contributed by atoms with Crippen LogP contribution in [0.2, 0.25) is 5.02 Å². The fourth-order valence-corrected chi connectivity index (χ4v) is 2.90. The molecule has 2 N–H and O–H groups in total. The number of aromatic nitrogens is 2. The highest BCUT2D eigenvalue weighted by atomic mass is 35.5. The number of nitrogens with zero attached hydrogens (tertiary/aromatic N) is 3. The zero-order chi connectivity index (χ0) is 16.1. The summed E-state index contributed by atoms with van der Waals surface area (Å²) in [6.45, 7) is 3.29. The molecule has 0 atom stereocenters. The summed E-state index contributed by atoms with van der Waals surface area (Å²) in [6.07, 6.45) is 4.84. The van der Waals surface area contributed by atoms with Gasteiger partial charge in [-0.15, -0.1) is 0 Å². The molecule has 0 aliphatic rings. The van der Waals surface area contributed by atoms with E-state index in [2.05, 4.69) is 34.1 Å². The molecule has 0 aliphatic carbocycles. The molecule has 0 amide bonds. The minimum absolute atomic E-state index is 0.645. The van der Waals surface area contributed by atoms with E-state index >= 15 is 0 Å². The van der Waals surface area contributed by atoms with Crippen molar-refractivity contribution in [1.82, 2.24) is 14.3 Å². The summed E-state index contributed by atoms with van der Waals surface area (Å²) in [7, 11) is 0. The van der Waals surface area contributed by atoms with Crippen LogP contribution in [0.3, 0.4) is 0 Å². The lowest BCUT2D eigenvalue weighted by Crippen LogP contribution is -2.31. The van der Waals surface area contributed by atoms with Crippen molar-refractivity contribution in [2.24, 2.45) is 5.73 Å². The maximum absolute atomic E-state index is 6.10. The number of halogens is 1. The van der Waals surface area contributed by atoms with Gasteiger partial charge in [0.2, 0.25) is 0 Å². The molecule has 23 heavy (non-hydrogen) atoms. The number of rotatable bonds is 7. The highest BCUT2D eigenvalue weighted by Gasteiger charge is 2.10. The highest BCUT2D eigenvalue weighted by molar-refractivity contribution is 6.30. The summed E-state index contributed by atoms with van der Waals surface area (Å²) in [5.74, 6) is 0. The van der Waals surface area contributed by atoms with Gasteiger partial charge in [-0.2, -0.15) is 0 Å². The van der Waals surface area contributed by atoms with E-state index in [1.807, 2.05) is 35.0 Å². The summed E-state index contributed by atoms with van der Waals surface area (Å²) < 4.78 is 2.05. The molecule has 120 valence electrons. The van der Waals surface area contributed by atoms with E-state index in [4.69, 9.17) is 17.3 Å². The summed E-state index contributed by atoms with van der Waals surface area (Å²) in [4.78, 5) is 6.80. The molecular formula is C18H21ClN4. The van der Waals surface area contributed by atoms with Gasteiger partial charge < -0.3 is 10.1 Å². The lowest BCUT2D eigenvalue weighted by molar-refractivity contribution is 0.272. The maximum Gasteiger partial charge on any atom is 0.137 e. The highest BCUT2D eigenvalue weighted by Crippen LogP contribution is 2.14. The van der Waals surface area contributed by atoms with Crippen LogP contribution in [0.4, 0.5) is 0 Å². The molecule has 2 aromatic heterocycles. The molecule has 1 aromatic carbocycles. The van der Waals surface area contributed by atoms with Crippen LogP contribution in [0.1, 0.15) is 11.3 Å². The summed E-state index contributed by atoms with van der Waals surface area (Å²) >= 11 is 6.10. The van der Waals surface area contributed by atoms with Crippen molar-refractivity contribution in [3.05, 3.63) is 71.1 Å². The first kappa shape index (κ1) is 16.0. The van der Waals surface area contributed by atoms with Gasteiger partial charge in [0.25, 0.3) is 0 Å².